The summed E-state index contributed by atoms with van der Waals surface area (Å²) in [4.78, 5) is 4.40. The second kappa shape index (κ2) is 7.83. The zero-order valence-electron chi connectivity index (χ0n) is 12.0. The van der Waals surface area contributed by atoms with Crippen molar-refractivity contribution in [3.05, 3.63) is 0 Å². The fourth-order valence-corrected chi connectivity index (χ4v) is 3.14. The predicted octanol–water partition coefficient (Wildman–Crippen LogP) is 0.731. The average molecular weight is 287 g/mol. The second-order valence-electron chi connectivity index (χ2n) is 5.05. The summed E-state index contributed by atoms with van der Waals surface area (Å²) in [5.41, 5.74) is 0. The van der Waals surface area contributed by atoms with Gasteiger partial charge in [-0.25, -0.2) is 8.42 Å². The summed E-state index contributed by atoms with van der Waals surface area (Å²) in [7, 11) is -2.87. The van der Waals surface area contributed by atoms with Gasteiger partial charge in [0.15, 0.2) is 9.84 Å². The van der Waals surface area contributed by atoms with Crippen molar-refractivity contribution in [1.82, 2.24) is 9.80 Å². The number of sulfone groups is 1. The van der Waals surface area contributed by atoms with Gasteiger partial charge in [-0.3, -0.25) is 9.80 Å². The Kier molecular flexibility index (Phi) is 6.76. The molecular formula is C13H25N3O2S. The van der Waals surface area contributed by atoms with Crippen molar-refractivity contribution in [3.8, 4) is 6.07 Å². The summed E-state index contributed by atoms with van der Waals surface area (Å²) in [5.74, 6) is 0.472. The molecule has 0 aromatic heterocycles. The van der Waals surface area contributed by atoms with Crippen LogP contribution in [-0.4, -0.2) is 68.5 Å². The Morgan fingerprint density at radius 2 is 1.84 bits per heavy atom. The molecule has 0 saturated carbocycles. The van der Waals surface area contributed by atoms with Crippen LogP contribution in [0.5, 0.6) is 0 Å². The van der Waals surface area contributed by atoms with Gasteiger partial charge in [0, 0.05) is 38.5 Å². The Balaban J connectivity index is 2.35. The Morgan fingerprint density at radius 3 is 2.32 bits per heavy atom. The van der Waals surface area contributed by atoms with Gasteiger partial charge in [0.05, 0.1) is 17.9 Å². The lowest BCUT2D eigenvalue weighted by molar-refractivity contribution is 0.115. The van der Waals surface area contributed by atoms with Gasteiger partial charge >= 0.3 is 0 Å². The topological polar surface area (TPSA) is 64.4 Å². The van der Waals surface area contributed by atoms with Crippen LogP contribution in [0.25, 0.3) is 0 Å². The Bertz CT molecular complexity index is 395. The first-order valence-corrected chi connectivity index (χ1v) is 8.91. The van der Waals surface area contributed by atoms with E-state index in [9.17, 15) is 8.42 Å². The molecule has 1 aliphatic heterocycles. The number of nitriles is 1. The first-order chi connectivity index (χ1) is 9.02. The number of nitrogens with zero attached hydrogens (tertiary/aromatic N) is 3. The van der Waals surface area contributed by atoms with E-state index in [0.717, 1.165) is 39.0 Å². The predicted molar refractivity (Wildman–Crippen MR) is 76.6 cm³/mol. The quantitative estimate of drug-likeness (QED) is 0.691. The van der Waals surface area contributed by atoms with E-state index < -0.39 is 9.84 Å². The fraction of sp³-hybridized carbons (Fsp3) is 0.923. The summed E-state index contributed by atoms with van der Waals surface area (Å²) < 4.78 is 22.9. The zero-order chi connectivity index (χ0) is 14.3. The minimum atomic E-state index is -2.87. The SMILES string of the molecule is CCCC(C#N)N1CCN(CCS(=O)(=O)CC)CC1. The van der Waals surface area contributed by atoms with Crippen LogP contribution in [0.2, 0.25) is 0 Å². The zero-order valence-corrected chi connectivity index (χ0v) is 12.8. The van der Waals surface area contributed by atoms with Gasteiger partial charge in [-0.05, 0) is 6.42 Å². The first kappa shape index (κ1) is 16.4. The molecule has 110 valence electrons. The van der Waals surface area contributed by atoms with E-state index in [4.69, 9.17) is 5.26 Å². The van der Waals surface area contributed by atoms with Crippen molar-refractivity contribution in [3.63, 3.8) is 0 Å². The summed E-state index contributed by atoms with van der Waals surface area (Å²) >= 11 is 0. The Labute approximate surface area is 117 Å². The molecule has 0 bridgehead atoms. The molecule has 1 atom stereocenters. The number of rotatable bonds is 7. The van der Waals surface area contributed by atoms with Crippen LogP contribution in [0.3, 0.4) is 0 Å². The highest BCUT2D eigenvalue weighted by atomic mass is 32.2. The van der Waals surface area contributed by atoms with Crippen molar-refractivity contribution in [2.45, 2.75) is 32.7 Å². The smallest absolute Gasteiger partial charge is 0.151 e. The molecule has 1 fully saturated rings. The van der Waals surface area contributed by atoms with Crippen molar-refractivity contribution in [2.75, 3.05) is 44.2 Å². The van der Waals surface area contributed by atoms with Crippen LogP contribution in [0.1, 0.15) is 26.7 Å². The minimum absolute atomic E-state index is 0.0199. The van der Waals surface area contributed by atoms with E-state index in [1.807, 2.05) is 0 Å². The van der Waals surface area contributed by atoms with E-state index in [1.165, 1.54) is 0 Å². The minimum Gasteiger partial charge on any atom is -0.300 e. The van der Waals surface area contributed by atoms with Crippen LogP contribution in [0, 0.1) is 11.3 Å². The largest absolute Gasteiger partial charge is 0.300 e. The van der Waals surface area contributed by atoms with Gasteiger partial charge in [0.25, 0.3) is 0 Å². The van der Waals surface area contributed by atoms with E-state index in [1.54, 1.807) is 6.92 Å². The third kappa shape index (κ3) is 5.47. The molecule has 0 spiro atoms. The molecule has 19 heavy (non-hydrogen) atoms. The van der Waals surface area contributed by atoms with Gasteiger partial charge < -0.3 is 0 Å². The fourth-order valence-electron chi connectivity index (χ4n) is 2.31. The molecule has 1 unspecified atom stereocenters. The number of hydrogen-bond donors (Lipinski definition) is 0. The molecule has 0 aromatic carbocycles. The van der Waals surface area contributed by atoms with Gasteiger partial charge in [0.2, 0.25) is 0 Å². The van der Waals surface area contributed by atoms with Crippen LogP contribution in [0.15, 0.2) is 0 Å². The molecule has 1 aliphatic rings. The number of hydrogen-bond acceptors (Lipinski definition) is 5. The van der Waals surface area contributed by atoms with Crippen LogP contribution >= 0.6 is 0 Å². The normalized spacial score (nSPS) is 20.1. The van der Waals surface area contributed by atoms with Gasteiger partial charge in [-0.15, -0.1) is 0 Å². The van der Waals surface area contributed by atoms with Crippen LogP contribution in [0.4, 0.5) is 0 Å². The molecule has 6 heteroatoms. The van der Waals surface area contributed by atoms with E-state index in [0.29, 0.717) is 6.54 Å². The third-order valence-corrected chi connectivity index (χ3v) is 5.40. The number of piperazine rings is 1. The van der Waals surface area contributed by atoms with E-state index in [2.05, 4.69) is 22.8 Å². The van der Waals surface area contributed by atoms with Crippen molar-refractivity contribution < 1.29 is 8.42 Å². The summed E-state index contributed by atoms with van der Waals surface area (Å²) in [6.45, 7) is 7.86. The molecule has 0 aromatic rings. The van der Waals surface area contributed by atoms with Crippen molar-refractivity contribution in [2.24, 2.45) is 0 Å². The lowest BCUT2D eigenvalue weighted by Gasteiger charge is -2.36. The van der Waals surface area contributed by atoms with E-state index in [-0.39, 0.29) is 17.5 Å². The highest BCUT2D eigenvalue weighted by Crippen LogP contribution is 2.10. The van der Waals surface area contributed by atoms with Gasteiger partial charge in [-0.2, -0.15) is 5.26 Å². The summed E-state index contributed by atoms with van der Waals surface area (Å²) in [5, 5.41) is 9.13. The molecule has 1 rings (SSSR count). The van der Waals surface area contributed by atoms with Crippen LogP contribution < -0.4 is 0 Å². The highest BCUT2D eigenvalue weighted by Gasteiger charge is 2.23. The molecule has 0 radical (unpaired) electrons. The van der Waals surface area contributed by atoms with Crippen molar-refractivity contribution in [1.29, 1.82) is 5.26 Å². The molecule has 1 heterocycles. The lowest BCUT2D eigenvalue weighted by atomic mass is 10.1. The highest BCUT2D eigenvalue weighted by molar-refractivity contribution is 7.91. The monoisotopic (exact) mass is 287 g/mol. The molecule has 0 amide bonds. The maximum absolute atomic E-state index is 11.5. The summed E-state index contributed by atoms with van der Waals surface area (Å²) in [6.07, 6.45) is 1.94. The second-order valence-corrected chi connectivity index (χ2v) is 7.52. The molecular weight excluding hydrogens is 262 g/mol. The Morgan fingerprint density at radius 1 is 1.21 bits per heavy atom. The van der Waals surface area contributed by atoms with Gasteiger partial charge in [-0.1, -0.05) is 20.3 Å². The van der Waals surface area contributed by atoms with Crippen molar-refractivity contribution >= 4 is 9.84 Å². The molecule has 0 N–H and O–H groups in total. The van der Waals surface area contributed by atoms with Gasteiger partial charge in [0.1, 0.15) is 0 Å². The maximum atomic E-state index is 11.5. The first-order valence-electron chi connectivity index (χ1n) is 7.08. The molecule has 0 aliphatic carbocycles. The summed E-state index contributed by atoms with van der Waals surface area (Å²) in [6, 6.07) is 2.38. The average Bonchev–Trinajstić information content (AvgIpc) is 2.43. The molecule has 5 nitrogen and oxygen atoms in total. The van der Waals surface area contributed by atoms with Crippen LogP contribution in [-0.2, 0) is 9.84 Å². The lowest BCUT2D eigenvalue weighted by Crippen LogP contribution is -2.50. The third-order valence-electron chi connectivity index (χ3n) is 3.72. The van der Waals surface area contributed by atoms with E-state index >= 15 is 0 Å². The Hall–Kier alpha value is -0.640. The standard InChI is InChI=1S/C13H25N3O2S/c1-3-5-13(12-14)16-8-6-15(7-9-16)10-11-19(17,18)4-2/h13H,3-11H2,1-2H3. The molecule has 1 saturated heterocycles. The maximum Gasteiger partial charge on any atom is 0.151 e.